The highest BCUT2D eigenvalue weighted by atomic mass is 19.1. The number of likely N-dealkylation sites (tertiary alicyclic amines) is 1. The Morgan fingerprint density at radius 2 is 1.65 bits per heavy atom. The third-order valence-corrected chi connectivity index (χ3v) is 8.12. The van der Waals surface area contributed by atoms with Crippen LogP contribution in [0, 0.1) is 5.82 Å². The van der Waals surface area contributed by atoms with E-state index in [1.807, 2.05) is 11.9 Å². The topological polar surface area (TPSA) is 150 Å². The zero-order chi connectivity index (χ0) is 28.9. The van der Waals surface area contributed by atoms with Crippen molar-refractivity contribution < 1.29 is 33.4 Å². The van der Waals surface area contributed by atoms with E-state index in [4.69, 9.17) is 9.72 Å². The monoisotopic (exact) mass is 560 g/mol. The Morgan fingerprint density at radius 3 is 2.23 bits per heavy atom. The molecule has 4 rings (SSSR count). The van der Waals surface area contributed by atoms with Crippen LogP contribution in [0.5, 0.6) is 5.75 Å². The van der Waals surface area contributed by atoms with Crippen LogP contribution in [0.3, 0.4) is 0 Å². The van der Waals surface area contributed by atoms with Crippen molar-refractivity contribution in [2.45, 2.75) is 69.5 Å². The molecule has 0 spiro atoms. The van der Waals surface area contributed by atoms with Crippen molar-refractivity contribution in [2.75, 3.05) is 49.8 Å². The van der Waals surface area contributed by atoms with Crippen LogP contribution in [0.4, 0.5) is 27.9 Å². The molecule has 2 heterocycles. The molecule has 0 atom stereocenters. The number of carbonyl (C=O) groups is 2. The molecule has 1 saturated carbocycles. The van der Waals surface area contributed by atoms with Crippen LogP contribution in [0.15, 0.2) is 18.2 Å². The zero-order valence-corrected chi connectivity index (χ0v) is 23.3. The third kappa shape index (κ3) is 6.87. The first-order chi connectivity index (χ1) is 19.1. The number of quaternary nitrogens is 1. The standard InChI is InChI=1S/C27H38FN7O5/c1-34(19-12-14-35(2,15-13-19)22(23(36)37)24(38)39)27-32-25(29-17-8-6-4-5-7-9-17)31-26(33-27)30-18-10-11-21(40-3)20(28)16-18/h10-11,16-17,19,22H,4-9,12-15H2,1-3H3,(H3-,29,30,31,32,33,36,37,38,39)/p+1. The fraction of sp³-hybridized carbons (Fsp3) is 0.593. The Bertz CT molecular complexity index is 1190. The highest BCUT2D eigenvalue weighted by molar-refractivity contribution is 5.95. The maximum Gasteiger partial charge on any atom is 0.374 e. The van der Waals surface area contributed by atoms with E-state index in [1.165, 1.54) is 32.1 Å². The van der Waals surface area contributed by atoms with Crippen molar-refractivity contribution in [3.05, 3.63) is 24.0 Å². The fourth-order valence-corrected chi connectivity index (χ4v) is 5.71. The molecule has 1 aliphatic carbocycles. The number of hydrogen-bond acceptors (Lipinski definition) is 9. The van der Waals surface area contributed by atoms with Gasteiger partial charge in [0.2, 0.25) is 17.8 Å². The lowest BCUT2D eigenvalue weighted by atomic mass is 9.99. The van der Waals surface area contributed by atoms with Gasteiger partial charge in [0, 0.05) is 43.7 Å². The first-order valence-corrected chi connectivity index (χ1v) is 13.8. The van der Waals surface area contributed by atoms with Crippen molar-refractivity contribution in [1.82, 2.24) is 15.0 Å². The van der Waals surface area contributed by atoms with E-state index >= 15 is 0 Å². The van der Waals surface area contributed by atoms with Gasteiger partial charge in [-0.25, -0.2) is 14.0 Å². The second-order valence-electron chi connectivity index (χ2n) is 10.9. The Labute approximate surface area is 233 Å². The Morgan fingerprint density at radius 1 is 1.02 bits per heavy atom. The molecule has 40 heavy (non-hydrogen) atoms. The number of ether oxygens (including phenoxy) is 1. The smallest absolute Gasteiger partial charge is 0.374 e. The van der Waals surface area contributed by atoms with Gasteiger partial charge in [-0.3, -0.25) is 0 Å². The summed E-state index contributed by atoms with van der Waals surface area (Å²) in [5.41, 5.74) is 0.456. The number of aliphatic carboxylic acids is 2. The van der Waals surface area contributed by atoms with E-state index in [2.05, 4.69) is 20.6 Å². The molecule has 2 fully saturated rings. The van der Waals surface area contributed by atoms with Gasteiger partial charge in [-0.05, 0) is 25.0 Å². The average Bonchev–Trinajstić information content (AvgIpc) is 3.17. The molecule has 0 amide bonds. The molecule has 0 unspecified atom stereocenters. The highest BCUT2D eigenvalue weighted by Gasteiger charge is 2.47. The second-order valence-corrected chi connectivity index (χ2v) is 10.9. The number of nitrogens with one attached hydrogen (secondary N) is 2. The van der Waals surface area contributed by atoms with Gasteiger partial charge in [0.25, 0.3) is 6.04 Å². The lowest BCUT2D eigenvalue weighted by molar-refractivity contribution is -0.922. The minimum atomic E-state index is -1.51. The fourth-order valence-electron chi connectivity index (χ4n) is 5.71. The van der Waals surface area contributed by atoms with Crippen LogP contribution in [0.1, 0.15) is 51.4 Å². The predicted molar refractivity (Wildman–Crippen MR) is 148 cm³/mol. The van der Waals surface area contributed by atoms with Crippen LogP contribution < -0.4 is 20.3 Å². The van der Waals surface area contributed by atoms with Gasteiger partial charge in [-0.2, -0.15) is 15.0 Å². The number of aromatic nitrogens is 3. The number of likely N-dealkylation sites (N-methyl/N-ethyl adjacent to an activating group) is 1. The summed E-state index contributed by atoms with van der Waals surface area (Å²) in [5.74, 6) is -1.96. The molecule has 13 heteroatoms. The number of nitrogens with zero attached hydrogens (tertiary/aromatic N) is 5. The summed E-state index contributed by atoms with van der Waals surface area (Å²) in [4.78, 5) is 39.2. The van der Waals surface area contributed by atoms with Crippen molar-refractivity contribution in [3.8, 4) is 5.75 Å². The van der Waals surface area contributed by atoms with Crippen LogP contribution >= 0.6 is 0 Å². The molecule has 1 saturated heterocycles. The molecule has 0 bridgehead atoms. The molecule has 1 aromatic carbocycles. The molecule has 0 radical (unpaired) electrons. The molecule has 1 aromatic heterocycles. The summed E-state index contributed by atoms with van der Waals surface area (Å²) in [6.07, 6.45) is 7.87. The quantitative estimate of drug-likeness (QED) is 0.192. The summed E-state index contributed by atoms with van der Waals surface area (Å²) in [7, 11) is 4.95. The lowest BCUT2D eigenvalue weighted by Gasteiger charge is -2.44. The minimum absolute atomic E-state index is 0.0335. The van der Waals surface area contributed by atoms with Crippen LogP contribution in [-0.4, -0.2) is 94.0 Å². The van der Waals surface area contributed by atoms with Crippen LogP contribution in [0.25, 0.3) is 0 Å². The maximum atomic E-state index is 14.3. The SMILES string of the molecule is COc1ccc(Nc2nc(NC3CCCCCC3)nc(N(C)C3CC[N+](C)(C(C(=O)O)C(=O)O)CC3)n2)cc1F. The minimum Gasteiger partial charge on any atom is -0.494 e. The van der Waals surface area contributed by atoms with Gasteiger partial charge in [-0.15, -0.1) is 0 Å². The first kappa shape index (κ1) is 29.2. The number of rotatable bonds is 10. The number of carboxylic acids is 2. The van der Waals surface area contributed by atoms with Gasteiger partial charge in [-0.1, -0.05) is 25.7 Å². The summed E-state index contributed by atoms with van der Waals surface area (Å²) in [5, 5.41) is 25.6. The van der Waals surface area contributed by atoms with E-state index in [0.29, 0.717) is 43.5 Å². The van der Waals surface area contributed by atoms with Crippen molar-refractivity contribution >= 4 is 35.5 Å². The molecule has 4 N–H and O–H groups in total. The normalized spacial score (nSPS) is 21.9. The summed E-state index contributed by atoms with van der Waals surface area (Å²) in [6.45, 7) is 0.763. The van der Waals surface area contributed by atoms with Gasteiger partial charge in [0.1, 0.15) is 0 Å². The average molecular weight is 561 g/mol. The molecular weight excluding hydrogens is 521 g/mol. The van der Waals surface area contributed by atoms with E-state index in [1.54, 1.807) is 13.1 Å². The Kier molecular flexibility index (Phi) is 9.23. The number of piperidine rings is 1. The van der Waals surface area contributed by atoms with E-state index in [9.17, 15) is 24.2 Å². The molecule has 2 aromatic rings. The lowest BCUT2D eigenvalue weighted by Crippen LogP contribution is -2.64. The van der Waals surface area contributed by atoms with Crippen molar-refractivity contribution in [1.29, 1.82) is 0 Å². The number of methoxy groups -OCH3 is 1. The highest BCUT2D eigenvalue weighted by Crippen LogP contribution is 2.29. The van der Waals surface area contributed by atoms with Gasteiger partial charge in [0.05, 0.1) is 27.2 Å². The molecule has 2 aliphatic rings. The van der Waals surface area contributed by atoms with Gasteiger partial charge < -0.3 is 35.0 Å². The zero-order valence-electron chi connectivity index (χ0n) is 23.3. The van der Waals surface area contributed by atoms with Crippen LogP contribution in [-0.2, 0) is 9.59 Å². The number of halogens is 1. The number of anilines is 4. The van der Waals surface area contributed by atoms with E-state index in [0.717, 1.165) is 25.7 Å². The summed E-state index contributed by atoms with van der Waals surface area (Å²) in [6, 6.07) is 3.20. The van der Waals surface area contributed by atoms with Crippen molar-refractivity contribution in [2.24, 2.45) is 0 Å². The van der Waals surface area contributed by atoms with E-state index in [-0.39, 0.29) is 28.3 Å². The van der Waals surface area contributed by atoms with Gasteiger partial charge >= 0.3 is 11.9 Å². The number of carboxylic acid groups (broad SMARTS) is 2. The number of benzene rings is 1. The molecule has 1 aliphatic heterocycles. The predicted octanol–water partition coefficient (Wildman–Crippen LogP) is 3.48. The maximum absolute atomic E-state index is 14.3. The van der Waals surface area contributed by atoms with E-state index < -0.39 is 23.8 Å². The summed E-state index contributed by atoms with van der Waals surface area (Å²) < 4.78 is 19.3. The number of hydrogen-bond donors (Lipinski definition) is 4. The molecule has 218 valence electrons. The summed E-state index contributed by atoms with van der Waals surface area (Å²) >= 11 is 0. The largest absolute Gasteiger partial charge is 0.494 e. The Balaban J connectivity index is 1.56. The molecular formula is C27H39FN7O5+. The Hall–Kier alpha value is -3.74. The first-order valence-electron chi connectivity index (χ1n) is 13.8. The second kappa shape index (κ2) is 12.6. The van der Waals surface area contributed by atoms with Crippen LogP contribution in [0.2, 0.25) is 0 Å². The third-order valence-electron chi connectivity index (χ3n) is 8.12. The molecule has 12 nitrogen and oxygen atoms in total. The van der Waals surface area contributed by atoms with Gasteiger partial charge in [0.15, 0.2) is 11.6 Å². The van der Waals surface area contributed by atoms with Crippen molar-refractivity contribution in [3.63, 3.8) is 0 Å².